The molecule has 0 bridgehead atoms. The van der Waals surface area contributed by atoms with Crippen molar-refractivity contribution in [1.29, 1.82) is 0 Å². The molecule has 28 heavy (non-hydrogen) atoms. The number of hydrogen-bond acceptors (Lipinski definition) is 3. The van der Waals surface area contributed by atoms with Crippen LogP contribution in [0.15, 0.2) is 73.1 Å². The van der Waals surface area contributed by atoms with E-state index in [1.165, 1.54) is 6.92 Å². The number of carbonyl (C=O) groups is 2. The molecule has 0 radical (unpaired) electrons. The summed E-state index contributed by atoms with van der Waals surface area (Å²) in [6, 6.07) is 19.1. The highest BCUT2D eigenvalue weighted by molar-refractivity contribution is 5.79. The lowest BCUT2D eigenvalue weighted by atomic mass is 10.0. The van der Waals surface area contributed by atoms with Gasteiger partial charge in [-0.1, -0.05) is 54.6 Å². The highest BCUT2D eigenvalue weighted by atomic mass is 16.2. The molecule has 0 aliphatic carbocycles. The zero-order valence-electron chi connectivity index (χ0n) is 15.8. The molecule has 2 amide bonds. The molecule has 1 heterocycles. The maximum atomic E-state index is 12.4. The molecule has 0 spiro atoms. The van der Waals surface area contributed by atoms with Gasteiger partial charge in [0.05, 0.1) is 19.0 Å². The molecule has 6 heteroatoms. The third-order valence-electron chi connectivity index (χ3n) is 4.35. The molecule has 0 aliphatic heterocycles. The summed E-state index contributed by atoms with van der Waals surface area (Å²) in [7, 11) is 0. The molecule has 0 saturated heterocycles. The van der Waals surface area contributed by atoms with Gasteiger partial charge in [0.25, 0.3) is 0 Å². The molecule has 0 saturated carbocycles. The Kier molecular flexibility index (Phi) is 6.57. The average Bonchev–Trinajstić information content (AvgIpc) is 3.19. The van der Waals surface area contributed by atoms with Crippen LogP contribution in [-0.4, -0.2) is 21.6 Å². The number of nitrogens with one attached hydrogen (secondary N) is 2. The van der Waals surface area contributed by atoms with E-state index in [0.29, 0.717) is 13.1 Å². The normalized spacial score (nSPS) is 11.6. The lowest BCUT2D eigenvalue weighted by molar-refractivity contribution is -0.122. The molecule has 1 atom stereocenters. The Bertz CT molecular complexity index is 907. The Labute approximate surface area is 164 Å². The number of carbonyl (C=O) groups excluding carboxylic acids is 2. The highest BCUT2D eigenvalue weighted by Crippen LogP contribution is 2.16. The molecule has 2 aromatic carbocycles. The molecule has 1 aromatic heterocycles. The van der Waals surface area contributed by atoms with E-state index in [0.717, 1.165) is 16.7 Å². The topological polar surface area (TPSA) is 76.0 Å². The van der Waals surface area contributed by atoms with Crippen LogP contribution >= 0.6 is 0 Å². The summed E-state index contributed by atoms with van der Waals surface area (Å²) in [5.74, 6) is -0.270. The monoisotopic (exact) mass is 376 g/mol. The second kappa shape index (κ2) is 9.50. The van der Waals surface area contributed by atoms with Gasteiger partial charge >= 0.3 is 0 Å². The zero-order chi connectivity index (χ0) is 19.8. The van der Waals surface area contributed by atoms with Gasteiger partial charge in [-0.15, -0.1) is 0 Å². The van der Waals surface area contributed by atoms with Crippen molar-refractivity contribution in [1.82, 2.24) is 20.4 Å². The van der Waals surface area contributed by atoms with Crippen LogP contribution in [0.3, 0.4) is 0 Å². The smallest absolute Gasteiger partial charge is 0.222 e. The Balaban J connectivity index is 1.57. The predicted octanol–water partition coefficient (Wildman–Crippen LogP) is 2.82. The van der Waals surface area contributed by atoms with E-state index in [2.05, 4.69) is 21.8 Å². The first-order chi connectivity index (χ1) is 13.6. The van der Waals surface area contributed by atoms with Crippen LogP contribution in [0.1, 0.15) is 36.1 Å². The second-order valence-corrected chi connectivity index (χ2v) is 6.67. The Morgan fingerprint density at radius 2 is 1.82 bits per heavy atom. The first kappa shape index (κ1) is 19.4. The Morgan fingerprint density at radius 1 is 1.04 bits per heavy atom. The predicted molar refractivity (Wildman–Crippen MR) is 107 cm³/mol. The summed E-state index contributed by atoms with van der Waals surface area (Å²) in [6.45, 7) is 2.58. The fourth-order valence-electron chi connectivity index (χ4n) is 3.06. The van der Waals surface area contributed by atoms with Crippen LogP contribution in [0.4, 0.5) is 0 Å². The molecule has 0 fully saturated rings. The summed E-state index contributed by atoms with van der Waals surface area (Å²) in [5, 5.41) is 10.0. The lowest BCUT2D eigenvalue weighted by Gasteiger charge is -2.18. The summed E-state index contributed by atoms with van der Waals surface area (Å²) in [4.78, 5) is 24.0. The first-order valence-electron chi connectivity index (χ1n) is 9.24. The van der Waals surface area contributed by atoms with Crippen molar-refractivity contribution in [2.24, 2.45) is 0 Å². The number of amides is 2. The fourth-order valence-corrected chi connectivity index (χ4v) is 3.06. The van der Waals surface area contributed by atoms with Crippen molar-refractivity contribution < 1.29 is 9.59 Å². The van der Waals surface area contributed by atoms with Gasteiger partial charge in [0, 0.05) is 25.9 Å². The minimum absolute atomic E-state index is 0.111. The Morgan fingerprint density at radius 3 is 2.54 bits per heavy atom. The van der Waals surface area contributed by atoms with Gasteiger partial charge in [-0.05, 0) is 22.8 Å². The second-order valence-electron chi connectivity index (χ2n) is 6.67. The first-order valence-corrected chi connectivity index (χ1v) is 9.24. The maximum Gasteiger partial charge on any atom is 0.222 e. The minimum Gasteiger partial charge on any atom is -0.352 e. The van der Waals surface area contributed by atoms with E-state index in [1.807, 2.05) is 65.5 Å². The van der Waals surface area contributed by atoms with Gasteiger partial charge in [-0.25, -0.2) is 0 Å². The number of benzene rings is 2. The zero-order valence-corrected chi connectivity index (χ0v) is 15.8. The van der Waals surface area contributed by atoms with Crippen molar-refractivity contribution in [3.63, 3.8) is 0 Å². The highest BCUT2D eigenvalue weighted by Gasteiger charge is 2.16. The number of nitrogens with zero attached hydrogens (tertiary/aromatic N) is 2. The molecular weight excluding hydrogens is 352 g/mol. The van der Waals surface area contributed by atoms with Crippen LogP contribution in [0.5, 0.6) is 0 Å². The molecule has 144 valence electrons. The SMILES string of the molecule is CC(=O)NC(CC(=O)NCc1cccc(Cn2cccn2)c1)c1ccccc1. The van der Waals surface area contributed by atoms with Gasteiger partial charge in [0.2, 0.25) is 11.8 Å². The van der Waals surface area contributed by atoms with Gasteiger partial charge in [-0.3, -0.25) is 14.3 Å². The summed E-state index contributed by atoms with van der Waals surface area (Å²) < 4.78 is 1.86. The molecular formula is C22H24N4O2. The molecule has 0 aliphatic rings. The Hall–Kier alpha value is -3.41. The summed E-state index contributed by atoms with van der Waals surface area (Å²) >= 11 is 0. The lowest BCUT2D eigenvalue weighted by Crippen LogP contribution is -2.32. The van der Waals surface area contributed by atoms with Crippen LogP contribution in [0.25, 0.3) is 0 Å². The average molecular weight is 376 g/mol. The van der Waals surface area contributed by atoms with Crippen molar-refractivity contribution in [3.8, 4) is 0 Å². The van der Waals surface area contributed by atoms with Gasteiger partial charge in [0.1, 0.15) is 0 Å². The van der Waals surface area contributed by atoms with Gasteiger partial charge < -0.3 is 10.6 Å². The largest absolute Gasteiger partial charge is 0.352 e. The molecule has 2 N–H and O–H groups in total. The van der Waals surface area contributed by atoms with E-state index in [9.17, 15) is 9.59 Å². The van der Waals surface area contributed by atoms with Gasteiger partial charge in [-0.2, -0.15) is 5.10 Å². The third kappa shape index (κ3) is 5.81. The van der Waals surface area contributed by atoms with Crippen molar-refractivity contribution >= 4 is 11.8 Å². The van der Waals surface area contributed by atoms with E-state index in [-0.39, 0.29) is 24.3 Å². The number of aromatic nitrogens is 2. The van der Waals surface area contributed by atoms with Crippen molar-refractivity contribution in [3.05, 3.63) is 89.7 Å². The minimum atomic E-state index is -0.343. The van der Waals surface area contributed by atoms with Crippen molar-refractivity contribution in [2.45, 2.75) is 32.5 Å². The quantitative estimate of drug-likeness (QED) is 0.635. The van der Waals surface area contributed by atoms with Crippen LogP contribution in [0.2, 0.25) is 0 Å². The van der Waals surface area contributed by atoms with E-state index in [4.69, 9.17) is 0 Å². The molecule has 3 aromatic rings. The summed E-state index contributed by atoms with van der Waals surface area (Å²) in [6.07, 6.45) is 3.86. The van der Waals surface area contributed by atoms with E-state index < -0.39 is 0 Å². The van der Waals surface area contributed by atoms with Crippen LogP contribution in [0, 0.1) is 0 Å². The van der Waals surface area contributed by atoms with Crippen molar-refractivity contribution in [2.75, 3.05) is 0 Å². The molecule has 1 unspecified atom stereocenters. The standard InChI is InChI=1S/C22H24N4O2/c1-17(27)25-21(20-9-3-2-4-10-20)14-22(28)23-15-18-7-5-8-19(13-18)16-26-12-6-11-24-26/h2-13,21H,14-16H2,1H3,(H,23,28)(H,25,27). The van der Waals surface area contributed by atoms with E-state index in [1.54, 1.807) is 6.20 Å². The molecule has 3 rings (SSSR count). The number of rotatable bonds is 8. The number of hydrogen-bond donors (Lipinski definition) is 2. The fraction of sp³-hybridized carbons (Fsp3) is 0.227. The van der Waals surface area contributed by atoms with Gasteiger partial charge in [0.15, 0.2) is 0 Å². The van der Waals surface area contributed by atoms with Crippen LogP contribution in [-0.2, 0) is 22.7 Å². The van der Waals surface area contributed by atoms with E-state index >= 15 is 0 Å². The van der Waals surface area contributed by atoms with Crippen LogP contribution < -0.4 is 10.6 Å². The third-order valence-corrected chi connectivity index (χ3v) is 4.35. The summed E-state index contributed by atoms with van der Waals surface area (Å²) in [5.41, 5.74) is 3.05. The molecule has 6 nitrogen and oxygen atoms in total. The maximum absolute atomic E-state index is 12.4.